The molecule has 0 fully saturated rings. The zero-order valence-corrected chi connectivity index (χ0v) is 9.97. The molecule has 1 N–H and O–H groups in total. The summed E-state index contributed by atoms with van der Waals surface area (Å²) in [5, 5.41) is 7.42. The molecule has 0 bridgehead atoms. The number of hydrogen-bond donors (Lipinski definition) is 1. The largest absolute Gasteiger partial charge is 0.491 e. The molecule has 2 aromatic rings. The number of ether oxygens (including phenoxy) is 1. The second-order valence-electron chi connectivity index (χ2n) is 4.24. The predicted molar refractivity (Wildman–Crippen MR) is 65.9 cm³/mol. The molecule has 4 heteroatoms. The van der Waals surface area contributed by atoms with Gasteiger partial charge in [-0.3, -0.25) is 4.68 Å². The van der Waals surface area contributed by atoms with Gasteiger partial charge in [-0.05, 0) is 19.2 Å². The Morgan fingerprint density at radius 2 is 2.29 bits per heavy atom. The summed E-state index contributed by atoms with van der Waals surface area (Å²) in [7, 11) is 3.90. The van der Waals surface area contributed by atoms with Crippen molar-refractivity contribution in [3.8, 4) is 17.0 Å². The lowest BCUT2D eigenvalue weighted by molar-refractivity contribution is 0.318. The van der Waals surface area contributed by atoms with Crippen molar-refractivity contribution in [2.24, 2.45) is 7.05 Å². The molecule has 0 amide bonds. The molecule has 0 aliphatic carbocycles. The van der Waals surface area contributed by atoms with Gasteiger partial charge in [0.25, 0.3) is 0 Å². The van der Waals surface area contributed by atoms with E-state index in [9.17, 15) is 0 Å². The fourth-order valence-electron chi connectivity index (χ4n) is 2.27. The Bertz CT molecular complexity index is 547. The first kappa shape index (κ1) is 10.4. The molecule has 0 radical (unpaired) electrons. The lowest BCUT2D eigenvalue weighted by Gasteiger charge is -2.07. The molecule has 1 aromatic heterocycles. The first-order chi connectivity index (χ1) is 8.29. The predicted octanol–water partition coefficient (Wildman–Crippen LogP) is 1.74. The average Bonchev–Trinajstić information content (AvgIpc) is 2.93. The lowest BCUT2D eigenvalue weighted by atomic mass is 10.0. The molecule has 1 aromatic carbocycles. The third-order valence-corrected chi connectivity index (χ3v) is 3.26. The van der Waals surface area contributed by atoms with E-state index in [2.05, 4.69) is 28.6 Å². The normalized spacial score (nSPS) is 17.9. The van der Waals surface area contributed by atoms with Gasteiger partial charge in [0, 0.05) is 24.4 Å². The summed E-state index contributed by atoms with van der Waals surface area (Å²) >= 11 is 0. The first-order valence-corrected chi connectivity index (χ1v) is 5.72. The van der Waals surface area contributed by atoms with Crippen molar-refractivity contribution in [1.82, 2.24) is 15.1 Å². The minimum absolute atomic E-state index is 0.311. The van der Waals surface area contributed by atoms with Crippen LogP contribution in [-0.2, 0) is 7.05 Å². The van der Waals surface area contributed by atoms with Crippen LogP contribution in [0.2, 0.25) is 0 Å². The van der Waals surface area contributed by atoms with Crippen LogP contribution in [-0.4, -0.2) is 23.4 Å². The number of likely N-dealkylation sites (N-methyl/N-ethyl adjacent to an activating group) is 1. The summed E-state index contributed by atoms with van der Waals surface area (Å²) in [5.74, 6) is 0.975. The number of rotatable bonds is 2. The maximum Gasteiger partial charge on any atom is 0.124 e. The summed E-state index contributed by atoms with van der Waals surface area (Å²) in [4.78, 5) is 0. The number of fused-ring (bicyclic) bond motifs is 1. The Morgan fingerprint density at radius 1 is 1.41 bits per heavy atom. The molecule has 0 spiro atoms. The second kappa shape index (κ2) is 3.89. The molecule has 0 saturated heterocycles. The Hall–Kier alpha value is -1.81. The van der Waals surface area contributed by atoms with Crippen LogP contribution in [0.25, 0.3) is 11.3 Å². The molecule has 1 aliphatic heterocycles. The van der Waals surface area contributed by atoms with Crippen LogP contribution in [0.15, 0.2) is 30.5 Å². The summed E-state index contributed by atoms with van der Waals surface area (Å²) in [6.07, 6.45) is 1.81. The van der Waals surface area contributed by atoms with Crippen molar-refractivity contribution < 1.29 is 4.74 Å². The standard InChI is InChI=1S/C13H15N3O/c1-14-11-8-17-13-7-9(3-4-10(11)13)12-5-6-15-16(12)2/h3-7,11,14H,8H2,1-2H3. The van der Waals surface area contributed by atoms with Crippen molar-refractivity contribution in [2.75, 3.05) is 13.7 Å². The Labute approximate surface area is 100 Å². The van der Waals surface area contributed by atoms with Gasteiger partial charge in [0.05, 0.1) is 11.7 Å². The van der Waals surface area contributed by atoms with Crippen LogP contribution in [0.5, 0.6) is 5.75 Å². The molecular weight excluding hydrogens is 214 g/mol. The van der Waals surface area contributed by atoms with E-state index in [0.717, 1.165) is 17.0 Å². The lowest BCUT2D eigenvalue weighted by Crippen LogP contribution is -2.17. The topological polar surface area (TPSA) is 39.1 Å². The number of aryl methyl sites for hydroxylation is 1. The molecular formula is C13H15N3O. The number of nitrogens with zero attached hydrogens (tertiary/aromatic N) is 2. The van der Waals surface area contributed by atoms with Crippen LogP contribution in [0.1, 0.15) is 11.6 Å². The highest BCUT2D eigenvalue weighted by Crippen LogP contribution is 2.35. The van der Waals surface area contributed by atoms with Gasteiger partial charge in [-0.2, -0.15) is 5.10 Å². The van der Waals surface area contributed by atoms with Crippen LogP contribution in [0.4, 0.5) is 0 Å². The highest BCUT2D eigenvalue weighted by molar-refractivity contribution is 5.63. The SMILES string of the molecule is CNC1COc2cc(-c3ccnn3C)ccc21. The molecule has 4 nitrogen and oxygen atoms in total. The van der Waals surface area contributed by atoms with E-state index in [-0.39, 0.29) is 0 Å². The van der Waals surface area contributed by atoms with Gasteiger partial charge in [-0.1, -0.05) is 12.1 Å². The van der Waals surface area contributed by atoms with Gasteiger partial charge in [-0.15, -0.1) is 0 Å². The van der Waals surface area contributed by atoms with E-state index in [0.29, 0.717) is 12.6 Å². The van der Waals surface area contributed by atoms with Gasteiger partial charge in [0.1, 0.15) is 12.4 Å². The van der Waals surface area contributed by atoms with Crippen molar-refractivity contribution in [2.45, 2.75) is 6.04 Å². The highest BCUT2D eigenvalue weighted by Gasteiger charge is 2.22. The minimum Gasteiger partial charge on any atom is -0.491 e. The fraction of sp³-hybridized carbons (Fsp3) is 0.308. The van der Waals surface area contributed by atoms with Crippen LogP contribution in [0, 0.1) is 0 Å². The molecule has 1 atom stereocenters. The van der Waals surface area contributed by atoms with Crippen molar-refractivity contribution in [3.05, 3.63) is 36.0 Å². The molecule has 2 heterocycles. The quantitative estimate of drug-likeness (QED) is 0.852. The van der Waals surface area contributed by atoms with Crippen molar-refractivity contribution >= 4 is 0 Å². The Balaban J connectivity index is 2.03. The van der Waals surface area contributed by atoms with Gasteiger partial charge >= 0.3 is 0 Å². The van der Waals surface area contributed by atoms with Crippen molar-refractivity contribution in [1.29, 1.82) is 0 Å². The zero-order valence-electron chi connectivity index (χ0n) is 9.97. The van der Waals surface area contributed by atoms with E-state index in [1.807, 2.05) is 24.8 Å². The fourth-order valence-corrected chi connectivity index (χ4v) is 2.27. The molecule has 1 unspecified atom stereocenters. The number of benzene rings is 1. The molecule has 1 aliphatic rings. The van der Waals surface area contributed by atoms with E-state index in [1.54, 1.807) is 6.20 Å². The summed E-state index contributed by atoms with van der Waals surface area (Å²) in [6.45, 7) is 0.709. The second-order valence-corrected chi connectivity index (χ2v) is 4.24. The van der Waals surface area contributed by atoms with Crippen LogP contribution < -0.4 is 10.1 Å². The molecule has 0 saturated carbocycles. The monoisotopic (exact) mass is 229 g/mol. The molecule has 3 rings (SSSR count). The minimum atomic E-state index is 0.311. The van der Waals surface area contributed by atoms with Gasteiger partial charge in [-0.25, -0.2) is 0 Å². The van der Waals surface area contributed by atoms with Crippen molar-refractivity contribution in [3.63, 3.8) is 0 Å². The maximum atomic E-state index is 5.69. The summed E-state index contributed by atoms with van der Waals surface area (Å²) in [6, 6.07) is 8.65. The van der Waals surface area contributed by atoms with Gasteiger partial charge < -0.3 is 10.1 Å². The summed E-state index contributed by atoms with van der Waals surface area (Å²) < 4.78 is 7.56. The number of aromatic nitrogens is 2. The van der Waals surface area contributed by atoms with Crippen LogP contribution in [0.3, 0.4) is 0 Å². The number of hydrogen-bond acceptors (Lipinski definition) is 3. The smallest absolute Gasteiger partial charge is 0.124 e. The maximum absolute atomic E-state index is 5.69. The van der Waals surface area contributed by atoms with Gasteiger partial charge in [0.2, 0.25) is 0 Å². The number of nitrogens with one attached hydrogen (secondary N) is 1. The average molecular weight is 229 g/mol. The zero-order chi connectivity index (χ0) is 11.8. The van der Waals surface area contributed by atoms with E-state index < -0.39 is 0 Å². The Kier molecular flexibility index (Phi) is 2.37. The van der Waals surface area contributed by atoms with E-state index in [4.69, 9.17) is 4.74 Å². The third kappa shape index (κ3) is 1.61. The van der Waals surface area contributed by atoms with Crippen LogP contribution >= 0.6 is 0 Å². The molecule has 88 valence electrons. The van der Waals surface area contributed by atoms with E-state index >= 15 is 0 Å². The van der Waals surface area contributed by atoms with Gasteiger partial charge in [0.15, 0.2) is 0 Å². The Morgan fingerprint density at radius 3 is 3.00 bits per heavy atom. The first-order valence-electron chi connectivity index (χ1n) is 5.72. The molecule has 17 heavy (non-hydrogen) atoms. The third-order valence-electron chi connectivity index (χ3n) is 3.26. The highest BCUT2D eigenvalue weighted by atomic mass is 16.5. The summed E-state index contributed by atoms with van der Waals surface area (Å²) in [5.41, 5.74) is 3.48. The van der Waals surface area contributed by atoms with E-state index in [1.165, 1.54) is 5.56 Å².